The van der Waals surface area contributed by atoms with Crippen LogP contribution in [0, 0.1) is 0 Å². The molecule has 0 radical (unpaired) electrons. The van der Waals surface area contributed by atoms with Gasteiger partial charge < -0.3 is 9.47 Å². The number of aryl methyl sites for hydroxylation is 1. The lowest BCUT2D eigenvalue weighted by atomic mass is 10.2. The molecule has 1 aromatic rings. The highest BCUT2D eigenvalue weighted by atomic mass is 16.5. The maximum Gasteiger partial charge on any atom is 0.333 e. The Balaban J connectivity index is 2.28. The lowest BCUT2D eigenvalue weighted by Crippen LogP contribution is -2.30. The van der Waals surface area contributed by atoms with Crippen LogP contribution in [-0.2, 0) is 16.1 Å². The topological polar surface area (TPSA) is 90.4 Å². The van der Waals surface area contributed by atoms with E-state index in [0.717, 1.165) is 25.7 Å². The number of H-pyrrole nitrogens is 1. The van der Waals surface area contributed by atoms with Crippen molar-refractivity contribution in [2.45, 2.75) is 39.2 Å². The first-order chi connectivity index (χ1) is 10.5. The minimum Gasteiger partial charge on any atom is -0.490 e. The summed E-state index contributed by atoms with van der Waals surface area (Å²) < 4.78 is 11.3. The molecule has 122 valence electrons. The fourth-order valence-electron chi connectivity index (χ4n) is 1.83. The molecular formula is C15H22N2O5. The van der Waals surface area contributed by atoms with E-state index < -0.39 is 11.2 Å². The van der Waals surface area contributed by atoms with Crippen molar-refractivity contribution in [2.75, 3.05) is 13.7 Å². The van der Waals surface area contributed by atoms with E-state index in [-0.39, 0.29) is 11.7 Å². The van der Waals surface area contributed by atoms with Crippen LogP contribution in [-0.4, -0.2) is 29.2 Å². The van der Waals surface area contributed by atoms with Crippen LogP contribution in [0.25, 0.3) is 0 Å². The molecule has 1 N–H and O–H groups in total. The number of rotatable bonds is 9. The highest BCUT2D eigenvalue weighted by molar-refractivity contribution is 5.86. The Morgan fingerprint density at radius 1 is 1.27 bits per heavy atom. The number of carbonyl (C=O) groups is 1. The molecule has 22 heavy (non-hydrogen) atoms. The first kappa shape index (κ1) is 17.7. The van der Waals surface area contributed by atoms with E-state index in [1.165, 1.54) is 17.9 Å². The Hall–Kier alpha value is -2.31. The third-order valence-electron chi connectivity index (χ3n) is 3.07. The molecule has 1 rings (SSSR count). The van der Waals surface area contributed by atoms with Gasteiger partial charge in [-0.25, -0.2) is 9.59 Å². The minimum atomic E-state index is -0.525. The van der Waals surface area contributed by atoms with Crippen molar-refractivity contribution in [1.29, 1.82) is 0 Å². The molecule has 0 aromatic carbocycles. The molecule has 1 aromatic heterocycles. The standard InChI is InChI=1S/C15H22N2O5/c1-11(2)14(19)22-9-7-5-4-6-8-17-10-12(21-3)13(18)16-15(17)20/h10H,1,4-9H2,2-3H3,(H,16,18,20). The van der Waals surface area contributed by atoms with Crippen molar-refractivity contribution in [2.24, 2.45) is 0 Å². The lowest BCUT2D eigenvalue weighted by molar-refractivity contribution is -0.139. The van der Waals surface area contributed by atoms with Crippen LogP contribution in [0.4, 0.5) is 0 Å². The molecule has 0 amide bonds. The number of hydrogen-bond donors (Lipinski definition) is 1. The van der Waals surface area contributed by atoms with Crippen LogP contribution in [0.3, 0.4) is 0 Å². The van der Waals surface area contributed by atoms with Crippen LogP contribution in [0.5, 0.6) is 5.75 Å². The van der Waals surface area contributed by atoms with Crippen LogP contribution in [0.1, 0.15) is 32.6 Å². The number of unbranched alkanes of at least 4 members (excludes halogenated alkanes) is 3. The maximum atomic E-state index is 11.6. The lowest BCUT2D eigenvalue weighted by Gasteiger charge is -2.07. The Kier molecular flexibility index (Phi) is 7.15. The maximum absolute atomic E-state index is 11.6. The monoisotopic (exact) mass is 310 g/mol. The number of nitrogens with zero attached hydrogens (tertiary/aromatic N) is 1. The van der Waals surface area contributed by atoms with Crippen molar-refractivity contribution < 1.29 is 14.3 Å². The van der Waals surface area contributed by atoms with Crippen molar-refractivity contribution in [3.8, 4) is 5.75 Å². The largest absolute Gasteiger partial charge is 0.490 e. The van der Waals surface area contributed by atoms with E-state index >= 15 is 0 Å². The summed E-state index contributed by atoms with van der Waals surface area (Å²) in [5, 5.41) is 0. The van der Waals surface area contributed by atoms with Gasteiger partial charge in [-0.2, -0.15) is 0 Å². The zero-order valence-corrected chi connectivity index (χ0v) is 13.0. The number of carbonyl (C=O) groups excluding carboxylic acids is 1. The minimum absolute atomic E-state index is 0.117. The van der Waals surface area contributed by atoms with Gasteiger partial charge >= 0.3 is 11.7 Å². The highest BCUT2D eigenvalue weighted by Crippen LogP contribution is 2.04. The predicted octanol–water partition coefficient (Wildman–Crippen LogP) is 1.22. The molecule has 0 fully saturated rings. The molecule has 7 nitrogen and oxygen atoms in total. The van der Waals surface area contributed by atoms with Gasteiger partial charge in [0.2, 0.25) is 5.75 Å². The Labute approximate surface area is 128 Å². The van der Waals surface area contributed by atoms with E-state index in [2.05, 4.69) is 11.6 Å². The van der Waals surface area contributed by atoms with E-state index in [0.29, 0.717) is 18.7 Å². The number of aromatic amines is 1. The molecule has 0 spiro atoms. The van der Waals surface area contributed by atoms with Gasteiger partial charge in [0.05, 0.1) is 19.9 Å². The molecule has 0 aliphatic heterocycles. The van der Waals surface area contributed by atoms with Crippen LogP contribution in [0.2, 0.25) is 0 Å². The second-order valence-electron chi connectivity index (χ2n) is 4.98. The second kappa shape index (κ2) is 8.86. The van der Waals surface area contributed by atoms with Gasteiger partial charge in [0.1, 0.15) is 0 Å². The fraction of sp³-hybridized carbons (Fsp3) is 0.533. The zero-order chi connectivity index (χ0) is 16.5. The summed E-state index contributed by atoms with van der Waals surface area (Å²) >= 11 is 0. The second-order valence-corrected chi connectivity index (χ2v) is 4.98. The molecular weight excluding hydrogens is 288 g/mol. The van der Waals surface area contributed by atoms with Gasteiger partial charge in [0, 0.05) is 12.1 Å². The van der Waals surface area contributed by atoms with Gasteiger partial charge in [-0.3, -0.25) is 14.3 Å². The first-order valence-electron chi connectivity index (χ1n) is 7.16. The molecule has 1 heterocycles. The number of nitrogens with one attached hydrogen (secondary N) is 1. The third kappa shape index (κ3) is 5.59. The Bertz CT molecular complexity index is 630. The zero-order valence-electron chi connectivity index (χ0n) is 13.0. The molecule has 7 heteroatoms. The predicted molar refractivity (Wildman–Crippen MR) is 82.1 cm³/mol. The molecule has 0 saturated carbocycles. The normalized spacial score (nSPS) is 10.3. The number of hydrogen-bond acceptors (Lipinski definition) is 5. The molecule has 0 bridgehead atoms. The van der Waals surface area contributed by atoms with Crippen molar-refractivity contribution in [1.82, 2.24) is 9.55 Å². The molecule has 0 aliphatic carbocycles. The van der Waals surface area contributed by atoms with E-state index in [4.69, 9.17) is 9.47 Å². The summed E-state index contributed by atoms with van der Waals surface area (Å²) in [4.78, 5) is 36.3. The van der Waals surface area contributed by atoms with Gasteiger partial charge in [-0.1, -0.05) is 13.0 Å². The Morgan fingerprint density at radius 2 is 1.95 bits per heavy atom. The van der Waals surface area contributed by atoms with Crippen molar-refractivity contribution >= 4 is 5.97 Å². The smallest absolute Gasteiger partial charge is 0.333 e. The van der Waals surface area contributed by atoms with E-state index in [1.807, 2.05) is 0 Å². The van der Waals surface area contributed by atoms with Crippen molar-refractivity contribution in [3.05, 3.63) is 39.2 Å². The SMILES string of the molecule is C=C(C)C(=O)OCCCCCCn1cc(OC)c(=O)[nH]c1=O. The molecule has 0 saturated heterocycles. The van der Waals surface area contributed by atoms with Crippen LogP contribution < -0.4 is 16.0 Å². The highest BCUT2D eigenvalue weighted by Gasteiger charge is 2.04. The van der Waals surface area contributed by atoms with Crippen LogP contribution in [0.15, 0.2) is 27.9 Å². The summed E-state index contributed by atoms with van der Waals surface area (Å²) in [6.07, 6.45) is 4.74. The summed E-state index contributed by atoms with van der Waals surface area (Å²) in [5.74, 6) is -0.252. The number of esters is 1. The Morgan fingerprint density at radius 3 is 2.59 bits per heavy atom. The van der Waals surface area contributed by atoms with Crippen LogP contribution >= 0.6 is 0 Å². The quantitative estimate of drug-likeness (QED) is 0.421. The summed E-state index contributed by atoms with van der Waals surface area (Å²) in [5.41, 5.74) is -0.573. The van der Waals surface area contributed by atoms with Gasteiger partial charge in [-0.15, -0.1) is 0 Å². The summed E-state index contributed by atoms with van der Waals surface area (Å²) in [6.45, 7) is 5.98. The van der Waals surface area contributed by atoms with E-state index in [1.54, 1.807) is 6.92 Å². The van der Waals surface area contributed by atoms with Gasteiger partial charge in [0.15, 0.2) is 0 Å². The summed E-state index contributed by atoms with van der Waals surface area (Å²) in [6, 6.07) is 0. The average Bonchev–Trinajstić information content (AvgIpc) is 2.47. The molecule has 0 atom stereocenters. The number of aromatic nitrogens is 2. The van der Waals surface area contributed by atoms with Gasteiger partial charge in [-0.05, 0) is 26.2 Å². The third-order valence-corrected chi connectivity index (χ3v) is 3.07. The summed E-state index contributed by atoms with van der Waals surface area (Å²) in [7, 11) is 1.38. The van der Waals surface area contributed by atoms with E-state index in [9.17, 15) is 14.4 Å². The molecule has 0 aliphatic rings. The van der Waals surface area contributed by atoms with Crippen molar-refractivity contribution in [3.63, 3.8) is 0 Å². The molecule has 0 unspecified atom stereocenters. The fourth-order valence-corrected chi connectivity index (χ4v) is 1.83. The number of methoxy groups -OCH3 is 1. The van der Waals surface area contributed by atoms with Gasteiger partial charge in [0.25, 0.3) is 5.56 Å². The first-order valence-corrected chi connectivity index (χ1v) is 7.16. The number of ether oxygens (including phenoxy) is 2. The average molecular weight is 310 g/mol.